The number of ether oxygens (including phenoxy) is 1. The van der Waals surface area contributed by atoms with Crippen LogP contribution in [0.3, 0.4) is 0 Å². The molecule has 0 unspecified atom stereocenters. The summed E-state index contributed by atoms with van der Waals surface area (Å²) in [6.07, 6.45) is 5.12. The molecular weight excluding hydrogens is 378 g/mol. The van der Waals surface area contributed by atoms with Gasteiger partial charge in [0.1, 0.15) is 0 Å². The zero-order valence-corrected chi connectivity index (χ0v) is 17.9. The molecule has 0 aliphatic heterocycles. The highest BCUT2D eigenvalue weighted by atomic mass is 19.2. The Kier molecular flexibility index (Phi) is 8.01. The van der Waals surface area contributed by atoms with Crippen molar-refractivity contribution in [1.82, 2.24) is 0 Å². The number of benzene rings is 3. The third kappa shape index (κ3) is 5.69. The van der Waals surface area contributed by atoms with Crippen molar-refractivity contribution in [2.24, 2.45) is 0 Å². The van der Waals surface area contributed by atoms with Gasteiger partial charge in [0.15, 0.2) is 11.6 Å². The summed E-state index contributed by atoms with van der Waals surface area (Å²) in [7, 11) is 0. The largest absolute Gasteiger partial charge is 0.490 e. The smallest absolute Gasteiger partial charge is 0.200 e. The van der Waals surface area contributed by atoms with Gasteiger partial charge in [0.25, 0.3) is 0 Å². The topological polar surface area (TPSA) is 9.23 Å². The van der Waals surface area contributed by atoms with Gasteiger partial charge in [0.05, 0.1) is 6.61 Å². The van der Waals surface area contributed by atoms with Gasteiger partial charge < -0.3 is 4.74 Å². The van der Waals surface area contributed by atoms with E-state index in [0.717, 1.165) is 36.8 Å². The van der Waals surface area contributed by atoms with Crippen LogP contribution in [-0.2, 0) is 19.3 Å². The van der Waals surface area contributed by atoms with Crippen molar-refractivity contribution in [3.05, 3.63) is 89.0 Å². The molecule has 0 aliphatic rings. The molecule has 0 saturated carbocycles. The van der Waals surface area contributed by atoms with Crippen molar-refractivity contribution in [2.75, 3.05) is 6.61 Å². The van der Waals surface area contributed by atoms with E-state index >= 15 is 0 Å². The van der Waals surface area contributed by atoms with Gasteiger partial charge in [-0.2, -0.15) is 4.39 Å². The molecule has 3 heteroatoms. The molecule has 3 rings (SSSR count). The Balaban J connectivity index is 1.61. The second-order valence-electron chi connectivity index (χ2n) is 7.70. The summed E-state index contributed by atoms with van der Waals surface area (Å²) in [6, 6.07) is 20.1. The van der Waals surface area contributed by atoms with E-state index in [9.17, 15) is 8.78 Å². The standard InChI is InChI=1S/C27H30F2O/c1-3-5-19-30-25-18-17-24(26(28)27(25)29)16-11-21-9-14-23(15-10-21)22-12-7-20(6-4-2)8-13-22/h7-10,12-15,17-18H,3-6,11,16,19H2,1-2H3. The van der Waals surface area contributed by atoms with Crippen molar-refractivity contribution in [3.63, 3.8) is 0 Å². The van der Waals surface area contributed by atoms with Gasteiger partial charge in [-0.15, -0.1) is 0 Å². The molecule has 0 bridgehead atoms. The molecular formula is C27H30F2O. The van der Waals surface area contributed by atoms with Crippen LogP contribution in [0.1, 0.15) is 49.8 Å². The van der Waals surface area contributed by atoms with Crippen LogP contribution >= 0.6 is 0 Å². The lowest BCUT2D eigenvalue weighted by atomic mass is 9.99. The van der Waals surface area contributed by atoms with Gasteiger partial charge in [-0.3, -0.25) is 0 Å². The Hall–Kier alpha value is -2.68. The van der Waals surface area contributed by atoms with Crippen LogP contribution < -0.4 is 4.74 Å². The van der Waals surface area contributed by atoms with Crippen LogP contribution in [0, 0.1) is 11.6 Å². The zero-order chi connectivity index (χ0) is 21.3. The first kappa shape index (κ1) is 22.0. The summed E-state index contributed by atoms with van der Waals surface area (Å²) >= 11 is 0. The van der Waals surface area contributed by atoms with Gasteiger partial charge in [-0.05, 0) is 59.6 Å². The van der Waals surface area contributed by atoms with Gasteiger partial charge in [0.2, 0.25) is 5.82 Å². The SMILES string of the molecule is CCCCOc1ccc(CCc2ccc(-c3ccc(CCC)cc3)cc2)c(F)c1F. The minimum Gasteiger partial charge on any atom is -0.490 e. The van der Waals surface area contributed by atoms with Crippen molar-refractivity contribution in [1.29, 1.82) is 0 Å². The van der Waals surface area contributed by atoms with Crippen molar-refractivity contribution >= 4 is 0 Å². The Morgan fingerprint density at radius 3 is 1.80 bits per heavy atom. The second-order valence-corrected chi connectivity index (χ2v) is 7.70. The quantitative estimate of drug-likeness (QED) is 0.315. The number of halogens is 2. The van der Waals surface area contributed by atoms with Gasteiger partial charge in [-0.25, -0.2) is 4.39 Å². The van der Waals surface area contributed by atoms with Crippen LogP contribution in [0.25, 0.3) is 11.1 Å². The first-order valence-electron chi connectivity index (χ1n) is 10.9. The number of hydrogen-bond donors (Lipinski definition) is 0. The zero-order valence-electron chi connectivity index (χ0n) is 17.9. The van der Waals surface area contributed by atoms with Crippen molar-refractivity contribution < 1.29 is 13.5 Å². The molecule has 0 atom stereocenters. The van der Waals surface area contributed by atoms with E-state index in [1.54, 1.807) is 6.07 Å². The normalized spacial score (nSPS) is 10.9. The Labute approximate surface area is 178 Å². The highest BCUT2D eigenvalue weighted by Crippen LogP contribution is 2.25. The Bertz CT molecular complexity index is 930. The molecule has 3 aromatic carbocycles. The monoisotopic (exact) mass is 408 g/mol. The minimum absolute atomic E-state index is 0.000918. The van der Waals surface area contributed by atoms with Crippen LogP contribution in [-0.4, -0.2) is 6.61 Å². The van der Waals surface area contributed by atoms with Crippen molar-refractivity contribution in [3.8, 4) is 16.9 Å². The lowest BCUT2D eigenvalue weighted by molar-refractivity contribution is 0.288. The average molecular weight is 409 g/mol. The molecule has 1 nitrogen and oxygen atoms in total. The molecule has 0 N–H and O–H groups in total. The van der Waals surface area contributed by atoms with E-state index in [1.807, 2.05) is 6.92 Å². The summed E-state index contributed by atoms with van der Waals surface area (Å²) in [5, 5.41) is 0. The molecule has 0 saturated heterocycles. The number of unbranched alkanes of at least 4 members (excludes halogenated alkanes) is 1. The van der Waals surface area contributed by atoms with E-state index in [2.05, 4.69) is 55.5 Å². The van der Waals surface area contributed by atoms with E-state index in [1.165, 1.54) is 17.2 Å². The summed E-state index contributed by atoms with van der Waals surface area (Å²) in [5.74, 6) is -1.68. The predicted molar refractivity (Wildman–Crippen MR) is 120 cm³/mol. The number of hydrogen-bond acceptors (Lipinski definition) is 1. The average Bonchev–Trinajstić information content (AvgIpc) is 2.77. The van der Waals surface area contributed by atoms with Crippen LogP contribution in [0.15, 0.2) is 60.7 Å². The molecule has 0 amide bonds. The number of aryl methyl sites for hydroxylation is 3. The van der Waals surface area contributed by atoms with Crippen LogP contribution in [0.2, 0.25) is 0 Å². The van der Waals surface area contributed by atoms with E-state index < -0.39 is 11.6 Å². The summed E-state index contributed by atoms with van der Waals surface area (Å²) in [4.78, 5) is 0. The summed E-state index contributed by atoms with van der Waals surface area (Å²) in [6.45, 7) is 4.61. The molecule has 0 radical (unpaired) electrons. The third-order valence-corrected chi connectivity index (χ3v) is 5.35. The molecule has 0 aliphatic carbocycles. The molecule has 0 aromatic heterocycles. The van der Waals surface area contributed by atoms with E-state index in [4.69, 9.17) is 4.74 Å². The highest BCUT2D eigenvalue weighted by molar-refractivity contribution is 5.64. The molecule has 0 spiro atoms. The predicted octanol–water partition coefficient (Wildman–Crippen LogP) is 7.55. The van der Waals surface area contributed by atoms with Crippen LogP contribution in [0.5, 0.6) is 5.75 Å². The molecule has 158 valence electrons. The Morgan fingerprint density at radius 1 is 0.633 bits per heavy atom. The van der Waals surface area contributed by atoms with Gasteiger partial charge >= 0.3 is 0 Å². The molecule has 3 aromatic rings. The van der Waals surface area contributed by atoms with Crippen LogP contribution in [0.4, 0.5) is 8.78 Å². The summed E-state index contributed by atoms with van der Waals surface area (Å²) in [5.41, 5.74) is 5.19. The maximum absolute atomic E-state index is 14.4. The third-order valence-electron chi connectivity index (χ3n) is 5.35. The first-order chi connectivity index (χ1) is 14.6. The molecule has 0 heterocycles. The fourth-order valence-corrected chi connectivity index (χ4v) is 3.50. The Morgan fingerprint density at radius 2 is 1.23 bits per heavy atom. The second kappa shape index (κ2) is 10.9. The van der Waals surface area contributed by atoms with Gasteiger partial charge in [0, 0.05) is 0 Å². The molecule has 30 heavy (non-hydrogen) atoms. The lowest BCUT2D eigenvalue weighted by Gasteiger charge is -2.10. The maximum Gasteiger partial charge on any atom is 0.200 e. The highest BCUT2D eigenvalue weighted by Gasteiger charge is 2.14. The van der Waals surface area contributed by atoms with Gasteiger partial charge in [-0.1, -0.05) is 81.3 Å². The van der Waals surface area contributed by atoms with Crippen molar-refractivity contribution in [2.45, 2.75) is 52.4 Å². The molecule has 0 fully saturated rings. The maximum atomic E-state index is 14.4. The van der Waals surface area contributed by atoms with E-state index in [-0.39, 0.29) is 5.75 Å². The fourth-order valence-electron chi connectivity index (χ4n) is 3.50. The lowest BCUT2D eigenvalue weighted by Crippen LogP contribution is -2.03. The minimum atomic E-state index is -0.884. The fraction of sp³-hybridized carbons (Fsp3) is 0.333. The number of rotatable bonds is 10. The van der Waals surface area contributed by atoms with E-state index in [0.29, 0.717) is 25.0 Å². The first-order valence-corrected chi connectivity index (χ1v) is 10.9. The summed E-state index contributed by atoms with van der Waals surface area (Å²) < 4.78 is 34.0.